The zero-order valence-electron chi connectivity index (χ0n) is 28.4. The van der Waals surface area contributed by atoms with E-state index < -0.39 is 50.0 Å². The number of benzene rings is 1. The lowest BCUT2D eigenvalue weighted by atomic mass is 10.1. The van der Waals surface area contributed by atoms with Crippen LogP contribution in [0.25, 0.3) is 0 Å². The molecule has 0 fully saturated rings. The molecule has 0 aromatic heterocycles. The Balaban J connectivity index is 4.35. The minimum absolute atomic E-state index is 0.182. The molecule has 0 unspecified atom stereocenters. The molecule has 50 heavy (non-hydrogen) atoms. The first-order valence-electron chi connectivity index (χ1n) is 14.3. The van der Waals surface area contributed by atoms with E-state index in [4.69, 9.17) is 18.1 Å². The van der Waals surface area contributed by atoms with Gasteiger partial charge < -0.3 is 18.1 Å². The summed E-state index contributed by atoms with van der Waals surface area (Å²) >= 11 is 1.98. The Labute approximate surface area is 299 Å². The molecule has 0 atom stereocenters. The van der Waals surface area contributed by atoms with E-state index in [9.17, 15) is 28.8 Å². The summed E-state index contributed by atoms with van der Waals surface area (Å²) in [5.74, 6) is 4.33. The van der Waals surface area contributed by atoms with Gasteiger partial charge in [0.05, 0.1) is 22.3 Å². The van der Waals surface area contributed by atoms with E-state index in [0.29, 0.717) is 11.1 Å². The van der Waals surface area contributed by atoms with E-state index in [-0.39, 0.29) is 49.6 Å². The van der Waals surface area contributed by atoms with Crippen molar-refractivity contribution in [3.05, 3.63) is 107 Å². The van der Waals surface area contributed by atoms with E-state index in [0.717, 1.165) is 23.5 Å². The van der Waals surface area contributed by atoms with Crippen LogP contribution in [-0.2, 0) is 73.9 Å². The molecule has 12 nitrogen and oxygen atoms in total. The number of rotatable bonds is 20. The van der Waals surface area contributed by atoms with Crippen LogP contribution in [0.1, 0.15) is 58.2 Å². The molecular formula is C34H36O12P2S2. The Bertz CT molecular complexity index is 1690. The highest BCUT2D eigenvalue weighted by Gasteiger charge is 2.56. The Morgan fingerprint density at radius 1 is 0.580 bits per heavy atom. The fraction of sp³-hybridized carbons (Fsp3) is 0.294. The molecule has 0 N–H and O–H groups in total. The average Bonchev–Trinajstić information content (AvgIpc) is 3.06. The summed E-state index contributed by atoms with van der Waals surface area (Å²) in [6.45, 7) is 22.0. The molecule has 266 valence electrons. The molecule has 0 radical (unpaired) electrons. The Hall–Kier alpha value is -4.32. The lowest BCUT2D eigenvalue weighted by Gasteiger charge is -2.33. The first-order chi connectivity index (χ1) is 23.2. The minimum atomic E-state index is -5.17. The number of hydrogen-bond donors (Lipinski definition) is 0. The third kappa shape index (κ3) is 13.2. The van der Waals surface area contributed by atoms with Gasteiger partial charge >= 0.3 is 15.2 Å². The fourth-order valence-electron chi connectivity index (χ4n) is 3.50. The van der Waals surface area contributed by atoms with Crippen molar-refractivity contribution in [3.8, 4) is 0 Å². The van der Waals surface area contributed by atoms with E-state index in [1.54, 1.807) is 18.2 Å². The summed E-state index contributed by atoms with van der Waals surface area (Å²) in [6, 6.07) is 4.92. The predicted molar refractivity (Wildman–Crippen MR) is 194 cm³/mol. The zero-order chi connectivity index (χ0) is 38.4. The van der Waals surface area contributed by atoms with Crippen LogP contribution in [0.3, 0.4) is 0 Å². The van der Waals surface area contributed by atoms with Crippen LogP contribution < -0.4 is 0 Å². The van der Waals surface area contributed by atoms with Crippen molar-refractivity contribution in [1.29, 1.82) is 0 Å². The van der Waals surface area contributed by atoms with Crippen LogP contribution in [-0.4, -0.2) is 39.4 Å². The van der Waals surface area contributed by atoms with Crippen molar-refractivity contribution in [1.82, 2.24) is 0 Å². The molecular weight excluding hydrogens is 726 g/mol. The van der Waals surface area contributed by atoms with Gasteiger partial charge in [0.25, 0.3) is 0 Å². The summed E-state index contributed by atoms with van der Waals surface area (Å²) in [5.41, 5.74) is 0.315. The molecule has 1 rings (SSSR count). The fourth-order valence-corrected chi connectivity index (χ4v) is 9.73. The second kappa shape index (κ2) is 19.8. The molecule has 0 bridgehead atoms. The summed E-state index contributed by atoms with van der Waals surface area (Å²) in [6.07, 6.45) is -0.576. The number of carbonyl (C=O) groups is 2. The average molecular weight is 763 g/mol. The van der Waals surface area contributed by atoms with Gasteiger partial charge in [-0.3, -0.25) is 9.59 Å². The van der Waals surface area contributed by atoms with Gasteiger partial charge in [-0.1, -0.05) is 68.0 Å². The maximum Gasteiger partial charge on any atom is 0.448 e. The van der Waals surface area contributed by atoms with Gasteiger partial charge in [-0.05, 0) is 44.4 Å². The Morgan fingerprint density at radius 3 is 1.08 bits per heavy atom. The summed E-state index contributed by atoms with van der Waals surface area (Å²) in [5, 5.41) is -2.47. The quantitative estimate of drug-likeness (QED) is 0.0546. The smallest absolute Gasteiger partial charge is 0.415 e. The van der Waals surface area contributed by atoms with Crippen molar-refractivity contribution >= 4 is 72.7 Å². The molecule has 0 saturated heterocycles. The molecule has 1 aromatic carbocycles. The van der Waals surface area contributed by atoms with Gasteiger partial charge in [0.15, 0.2) is 10.2 Å². The van der Waals surface area contributed by atoms with Crippen molar-refractivity contribution in [2.45, 2.75) is 64.9 Å². The molecule has 0 spiro atoms. The summed E-state index contributed by atoms with van der Waals surface area (Å²) < 4.78 is 53.0. The number of allylic oxidation sites excluding steroid dienone is 4. The van der Waals surface area contributed by atoms with Gasteiger partial charge in [0, 0.05) is 31.8 Å². The largest absolute Gasteiger partial charge is 0.448 e. The monoisotopic (exact) mass is 762 g/mol. The molecule has 0 saturated carbocycles. The predicted octanol–water partition coefficient (Wildman–Crippen LogP) is 7.73. The van der Waals surface area contributed by atoms with Crippen molar-refractivity contribution < 1.29 is 56.0 Å². The van der Waals surface area contributed by atoms with Gasteiger partial charge in [-0.25, -0.2) is 28.3 Å². The highest BCUT2D eigenvalue weighted by atomic mass is 32.2. The highest BCUT2D eigenvalue weighted by Crippen LogP contribution is 2.74. The first kappa shape index (κ1) is 43.7. The van der Waals surface area contributed by atoms with E-state index in [1.165, 1.54) is 65.3 Å². The van der Waals surface area contributed by atoms with Crippen molar-refractivity contribution in [3.63, 3.8) is 0 Å². The highest BCUT2D eigenvalue weighted by molar-refractivity contribution is 8.13. The van der Waals surface area contributed by atoms with Crippen LogP contribution in [0.4, 0.5) is 0 Å². The maximum absolute atomic E-state index is 15.2. The molecule has 16 heteroatoms. The maximum atomic E-state index is 15.2. The number of thioether (sulfide) groups is 2. The van der Waals surface area contributed by atoms with Crippen LogP contribution in [0.5, 0.6) is 0 Å². The van der Waals surface area contributed by atoms with E-state index >= 15 is 9.13 Å². The third-order valence-electron chi connectivity index (χ3n) is 6.38. The Morgan fingerprint density at radius 2 is 0.840 bits per heavy atom. The topological polar surface area (TPSA) is 173 Å². The standard InChI is InChI=1S/C34H36O12P2S2/c1-21(15-35)25(5)43-47(41,44-26(6)22(2)16-36)34(48(42,45-27(7)23(3)17-37)46-28(8)24(4)18-38)14-31-11-32(19-49-29(9)39)13-33(12-31)20-50-30(10)40/h11-13,34H,5-8,14,19-20H2,1-4,9-10H3. The van der Waals surface area contributed by atoms with Crippen molar-refractivity contribution in [2.75, 3.05) is 0 Å². The van der Waals surface area contributed by atoms with Crippen LogP contribution in [0.15, 0.2) is 89.8 Å². The minimum Gasteiger partial charge on any atom is -0.415 e. The molecule has 0 heterocycles. The van der Waals surface area contributed by atoms with Crippen LogP contribution in [0, 0.1) is 0 Å². The third-order valence-corrected chi connectivity index (χ3v) is 13.6. The second-order valence-electron chi connectivity index (χ2n) is 10.4. The summed E-state index contributed by atoms with van der Waals surface area (Å²) in [7, 11) is -10.3. The normalized spacial score (nSPS) is 13.1. The van der Waals surface area contributed by atoms with Gasteiger partial charge in [-0.15, -0.1) is 0 Å². The zero-order valence-corrected chi connectivity index (χ0v) is 31.8. The lowest BCUT2D eigenvalue weighted by molar-refractivity contribution is -0.109. The number of carbonyl (C=O) groups excluding carboxylic acids is 6. The molecule has 0 aliphatic heterocycles. The number of hydrogen-bond acceptors (Lipinski definition) is 14. The van der Waals surface area contributed by atoms with Gasteiger partial charge in [-0.2, -0.15) is 0 Å². The SMILES string of the molecule is C=C(OP(=O)(OC(=C)C(C)=C=O)C(Cc1cc(CSC(C)=O)cc(CSC(C)=O)c1)P(=O)(OC(=C)C(C)=C=O)OC(=C)C(C)=C=O)C(C)=C=O. The molecule has 1 aromatic rings. The summed E-state index contributed by atoms with van der Waals surface area (Å²) in [4.78, 5) is 69.6. The molecule has 0 aliphatic rings. The molecule has 0 aliphatic carbocycles. The van der Waals surface area contributed by atoms with Crippen LogP contribution in [0.2, 0.25) is 0 Å². The Kier molecular flexibility index (Phi) is 17.3. The first-order valence-corrected chi connectivity index (χ1v) is 19.4. The molecule has 0 amide bonds. The van der Waals surface area contributed by atoms with Crippen molar-refractivity contribution in [2.24, 2.45) is 0 Å². The second-order valence-corrected chi connectivity index (χ2v) is 17.3. The van der Waals surface area contributed by atoms with E-state index in [1.807, 2.05) is 0 Å². The van der Waals surface area contributed by atoms with Gasteiger partial charge in [0.2, 0.25) is 5.40 Å². The van der Waals surface area contributed by atoms with Crippen LogP contribution >= 0.6 is 38.7 Å². The van der Waals surface area contributed by atoms with Gasteiger partial charge in [0.1, 0.15) is 46.8 Å². The lowest BCUT2D eigenvalue weighted by Crippen LogP contribution is -2.20. The van der Waals surface area contributed by atoms with E-state index in [2.05, 4.69) is 26.3 Å².